The van der Waals surface area contributed by atoms with E-state index in [0.29, 0.717) is 16.7 Å². The Morgan fingerprint density at radius 3 is 1.74 bits per heavy atom. The van der Waals surface area contributed by atoms with Crippen molar-refractivity contribution in [3.63, 3.8) is 0 Å². The van der Waals surface area contributed by atoms with Gasteiger partial charge in [0.15, 0.2) is 11.6 Å². The van der Waals surface area contributed by atoms with E-state index >= 15 is 0 Å². The van der Waals surface area contributed by atoms with Crippen LogP contribution in [0, 0.1) is 11.8 Å². The standard InChI is InChI=1S/C27H24O4/c1-27(31)17-21(28)23(25(29)19-13-7-3-8-14-19)22(18-11-5-2-6-12-18)24(27)26(30)20-15-9-4-10-16-20/h2-16,22-24,31H,17H2,1H3/t22-,23-,24-,27-/m0/s1. The van der Waals surface area contributed by atoms with Crippen LogP contribution in [-0.2, 0) is 4.79 Å². The Morgan fingerprint density at radius 2 is 1.23 bits per heavy atom. The first kappa shape index (κ1) is 20.9. The fourth-order valence-electron chi connectivity index (χ4n) is 4.73. The molecule has 1 saturated carbocycles. The van der Waals surface area contributed by atoms with E-state index in [0.717, 1.165) is 0 Å². The Hall–Kier alpha value is -3.37. The van der Waals surface area contributed by atoms with Crippen LogP contribution in [0.25, 0.3) is 0 Å². The SMILES string of the molecule is C[C@]1(O)CC(=O)[C@H](C(=O)c2ccccc2)[C@H](c2ccccc2)[C@H]1C(=O)c1ccccc1. The molecular weight excluding hydrogens is 388 g/mol. The van der Waals surface area contributed by atoms with Crippen LogP contribution >= 0.6 is 0 Å². The van der Waals surface area contributed by atoms with Gasteiger partial charge in [0.25, 0.3) is 0 Å². The minimum atomic E-state index is -1.57. The van der Waals surface area contributed by atoms with Crippen LogP contribution in [0.3, 0.4) is 0 Å². The summed E-state index contributed by atoms with van der Waals surface area (Å²) in [6.45, 7) is 1.52. The van der Waals surface area contributed by atoms with Gasteiger partial charge in [0, 0.05) is 23.5 Å². The Labute approximate surface area is 181 Å². The highest BCUT2D eigenvalue weighted by Gasteiger charge is 2.55. The molecule has 1 aliphatic carbocycles. The number of aliphatic hydroxyl groups is 1. The molecule has 4 rings (SSSR count). The van der Waals surface area contributed by atoms with E-state index in [-0.39, 0.29) is 23.8 Å². The smallest absolute Gasteiger partial charge is 0.173 e. The molecule has 1 fully saturated rings. The summed E-state index contributed by atoms with van der Waals surface area (Å²) in [7, 11) is 0. The van der Waals surface area contributed by atoms with Crippen molar-refractivity contribution >= 4 is 17.3 Å². The fraction of sp³-hybridized carbons (Fsp3) is 0.222. The number of hydrogen-bond acceptors (Lipinski definition) is 4. The van der Waals surface area contributed by atoms with Crippen molar-refractivity contribution in [2.75, 3.05) is 0 Å². The van der Waals surface area contributed by atoms with Crippen molar-refractivity contribution in [1.29, 1.82) is 0 Å². The van der Waals surface area contributed by atoms with Crippen molar-refractivity contribution in [3.8, 4) is 0 Å². The van der Waals surface area contributed by atoms with Gasteiger partial charge < -0.3 is 5.11 Å². The zero-order valence-electron chi connectivity index (χ0n) is 17.3. The minimum Gasteiger partial charge on any atom is -0.389 e. The van der Waals surface area contributed by atoms with E-state index in [1.165, 1.54) is 6.92 Å². The Kier molecular flexibility index (Phi) is 5.66. The molecule has 4 nitrogen and oxygen atoms in total. The number of hydrogen-bond donors (Lipinski definition) is 1. The molecule has 4 atom stereocenters. The van der Waals surface area contributed by atoms with Gasteiger partial charge in [-0.2, -0.15) is 0 Å². The molecule has 0 radical (unpaired) electrons. The molecule has 1 N–H and O–H groups in total. The number of rotatable bonds is 5. The van der Waals surface area contributed by atoms with Gasteiger partial charge in [-0.1, -0.05) is 91.0 Å². The van der Waals surface area contributed by atoms with Crippen LogP contribution in [0.2, 0.25) is 0 Å². The van der Waals surface area contributed by atoms with Crippen molar-refractivity contribution in [2.24, 2.45) is 11.8 Å². The Morgan fingerprint density at radius 1 is 0.774 bits per heavy atom. The molecule has 0 bridgehead atoms. The summed E-state index contributed by atoms with van der Waals surface area (Å²) in [5.41, 5.74) is 0.000395. The number of benzene rings is 3. The number of Topliss-reactive ketones (excluding diaryl/α,β-unsaturated/α-hetero) is 3. The second-order valence-electron chi connectivity index (χ2n) is 8.35. The molecule has 0 aliphatic heterocycles. The van der Waals surface area contributed by atoms with Crippen LogP contribution in [-0.4, -0.2) is 28.1 Å². The molecule has 0 heterocycles. The highest BCUT2D eigenvalue weighted by atomic mass is 16.3. The third kappa shape index (κ3) is 3.99. The molecule has 3 aromatic carbocycles. The maximum Gasteiger partial charge on any atom is 0.173 e. The molecule has 0 saturated heterocycles. The van der Waals surface area contributed by atoms with E-state index < -0.39 is 23.4 Å². The molecule has 0 aromatic heterocycles. The summed E-state index contributed by atoms with van der Waals surface area (Å²) in [6, 6.07) is 26.5. The predicted octanol–water partition coefficient (Wildman–Crippen LogP) is 4.49. The van der Waals surface area contributed by atoms with Crippen molar-refractivity contribution in [2.45, 2.75) is 24.9 Å². The quantitative estimate of drug-likeness (QED) is 0.495. The van der Waals surface area contributed by atoms with Crippen LogP contribution in [0.15, 0.2) is 91.0 Å². The monoisotopic (exact) mass is 412 g/mol. The lowest BCUT2D eigenvalue weighted by molar-refractivity contribution is -0.134. The minimum absolute atomic E-state index is 0.247. The van der Waals surface area contributed by atoms with Gasteiger partial charge in [-0.3, -0.25) is 14.4 Å². The number of ketones is 3. The van der Waals surface area contributed by atoms with E-state index in [1.807, 2.05) is 36.4 Å². The van der Waals surface area contributed by atoms with Crippen molar-refractivity contribution < 1.29 is 19.5 Å². The first-order chi connectivity index (χ1) is 14.9. The maximum atomic E-state index is 13.6. The second kappa shape index (κ2) is 8.40. The van der Waals surface area contributed by atoms with Gasteiger partial charge in [-0.05, 0) is 12.5 Å². The van der Waals surface area contributed by atoms with E-state index in [1.54, 1.807) is 54.6 Å². The molecule has 1 aliphatic rings. The fourth-order valence-corrected chi connectivity index (χ4v) is 4.73. The van der Waals surface area contributed by atoms with E-state index in [2.05, 4.69) is 0 Å². The lowest BCUT2D eigenvalue weighted by Gasteiger charge is -2.45. The summed E-state index contributed by atoms with van der Waals surface area (Å²) in [6.07, 6.45) is -0.247. The first-order valence-electron chi connectivity index (χ1n) is 10.4. The van der Waals surface area contributed by atoms with Crippen molar-refractivity contribution in [1.82, 2.24) is 0 Å². The van der Waals surface area contributed by atoms with Crippen LogP contribution in [0.1, 0.15) is 45.5 Å². The van der Waals surface area contributed by atoms with E-state index in [9.17, 15) is 19.5 Å². The first-order valence-corrected chi connectivity index (χ1v) is 10.4. The molecule has 4 heteroatoms. The maximum absolute atomic E-state index is 13.6. The molecular formula is C27H24O4. The number of carbonyl (C=O) groups excluding carboxylic acids is 3. The average Bonchev–Trinajstić information content (AvgIpc) is 2.79. The molecule has 156 valence electrons. The summed E-state index contributed by atoms with van der Waals surface area (Å²) < 4.78 is 0. The Bertz CT molecular complexity index is 1090. The topological polar surface area (TPSA) is 71.4 Å². The lowest BCUT2D eigenvalue weighted by atomic mass is 9.58. The molecule has 0 unspecified atom stereocenters. The van der Waals surface area contributed by atoms with Crippen LogP contribution < -0.4 is 0 Å². The zero-order chi connectivity index (χ0) is 22.0. The predicted molar refractivity (Wildman–Crippen MR) is 118 cm³/mol. The van der Waals surface area contributed by atoms with Gasteiger partial charge in [-0.15, -0.1) is 0 Å². The largest absolute Gasteiger partial charge is 0.389 e. The molecule has 0 amide bonds. The lowest BCUT2D eigenvalue weighted by Crippen LogP contribution is -2.54. The van der Waals surface area contributed by atoms with Gasteiger partial charge in [0.1, 0.15) is 5.78 Å². The molecule has 3 aromatic rings. The van der Waals surface area contributed by atoms with Crippen LogP contribution in [0.5, 0.6) is 0 Å². The summed E-state index contributed by atoms with van der Waals surface area (Å²) in [5.74, 6) is -3.67. The third-order valence-corrected chi connectivity index (χ3v) is 6.13. The average molecular weight is 412 g/mol. The van der Waals surface area contributed by atoms with Gasteiger partial charge in [0.2, 0.25) is 0 Å². The number of carbonyl (C=O) groups is 3. The van der Waals surface area contributed by atoms with Gasteiger partial charge >= 0.3 is 0 Å². The third-order valence-electron chi connectivity index (χ3n) is 6.13. The van der Waals surface area contributed by atoms with Gasteiger partial charge in [-0.25, -0.2) is 0 Å². The summed E-state index contributed by atoms with van der Waals surface area (Å²) in [5, 5.41) is 11.3. The highest BCUT2D eigenvalue weighted by molar-refractivity contribution is 6.13. The summed E-state index contributed by atoms with van der Waals surface area (Å²) >= 11 is 0. The van der Waals surface area contributed by atoms with E-state index in [4.69, 9.17) is 0 Å². The Balaban J connectivity index is 1.87. The van der Waals surface area contributed by atoms with Gasteiger partial charge in [0.05, 0.1) is 17.4 Å². The normalized spacial score (nSPS) is 25.7. The zero-order valence-corrected chi connectivity index (χ0v) is 17.3. The van der Waals surface area contributed by atoms with Crippen molar-refractivity contribution in [3.05, 3.63) is 108 Å². The second-order valence-corrected chi connectivity index (χ2v) is 8.35. The molecule has 31 heavy (non-hydrogen) atoms. The molecule has 0 spiro atoms. The highest BCUT2D eigenvalue weighted by Crippen LogP contribution is 2.48. The summed E-state index contributed by atoms with van der Waals surface area (Å²) in [4.78, 5) is 40.3. The van der Waals surface area contributed by atoms with Crippen LogP contribution in [0.4, 0.5) is 0 Å².